The molecule has 98 valence electrons. The molecule has 2 heterocycles. The Balaban J connectivity index is 1.79. The van der Waals surface area contributed by atoms with E-state index in [0.29, 0.717) is 12.5 Å². The number of nitrogens with two attached hydrogens (primary N) is 1. The molecule has 1 unspecified atom stereocenters. The molecule has 1 aliphatic rings. The zero-order chi connectivity index (χ0) is 13.1. The van der Waals surface area contributed by atoms with Gasteiger partial charge in [0.15, 0.2) is 0 Å². The molecule has 1 fully saturated rings. The first-order valence-corrected chi connectivity index (χ1v) is 6.82. The van der Waals surface area contributed by atoms with Crippen LogP contribution in [0.4, 0.5) is 5.69 Å². The van der Waals surface area contributed by atoms with Gasteiger partial charge in [-0.05, 0) is 24.1 Å². The second-order valence-corrected chi connectivity index (χ2v) is 5.02. The molecule has 2 aromatic rings. The van der Waals surface area contributed by atoms with E-state index < -0.39 is 0 Å². The molecule has 19 heavy (non-hydrogen) atoms. The van der Waals surface area contributed by atoms with Crippen LogP contribution in [0, 0.1) is 0 Å². The number of aromatic nitrogens is 1. The number of pyridine rings is 1. The van der Waals surface area contributed by atoms with Crippen molar-refractivity contribution in [1.29, 1.82) is 0 Å². The number of hydrogen-bond donors (Lipinski definition) is 1. The highest BCUT2D eigenvalue weighted by Crippen LogP contribution is 2.31. The van der Waals surface area contributed by atoms with Crippen LogP contribution in [0.1, 0.15) is 23.6 Å². The van der Waals surface area contributed by atoms with Crippen LogP contribution in [0.2, 0.25) is 0 Å². The van der Waals surface area contributed by atoms with Crippen molar-refractivity contribution in [2.24, 2.45) is 5.73 Å². The smallest absolute Gasteiger partial charge is 0.0772 e. The number of benzene rings is 1. The van der Waals surface area contributed by atoms with Crippen LogP contribution in [0.3, 0.4) is 0 Å². The summed E-state index contributed by atoms with van der Waals surface area (Å²) in [4.78, 5) is 6.78. The molecule has 0 amide bonds. The largest absolute Gasteiger partial charge is 0.369 e. The van der Waals surface area contributed by atoms with E-state index in [2.05, 4.69) is 46.3 Å². The molecule has 0 spiro atoms. The van der Waals surface area contributed by atoms with E-state index in [-0.39, 0.29) is 0 Å². The van der Waals surface area contributed by atoms with E-state index in [0.717, 1.165) is 18.8 Å². The van der Waals surface area contributed by atoms with Gasteiger partial charge in [-0.1, -0.05) is 30.3 Å². The summed E-state index contributed by atoms with van der Waals surface area (Å²) < 4.78 is 0. The molecule has 0 aliphatic carbocycles. The van der Waals surface area contributed by atoms with E-state index in [9.17, 15) is 0 Å². The predicted octanol–water partition coefficient (Wildman–Crippen LogP) is 2.53. The third-order valence-electron chi connectivity index (χ3n) is 3.86. The monoisotopic (exact) mass is 253 g/mol. The number of nitrogens with zero attached hydrogens (tertiary/aromatic N) is 2. The maximum absolute atomic E-state index is 5.77. The topological polar surface area (TPSA) is 42.1 Å². The van der Waals surface area contributed by atoms with Gasteiger partial charge in [0.2, 0.25) is 0 Å². The highest BCUT2D eigenvalue weighted by Gasteiger charge is 2.25. The predicted molar refractivity (Wildman–Crippen MR) is 78.1 cm³/mol. The van der Waals surface area contributed by atoms with Crippen molar-refractivity contribution < 1.29 is 0 Å². The Kier molecular flexibility index (Phi) is 3.47. The maximum Gasteiger partial charge on any atom is 0.0772 e. The summed E-state index contributed by atoms with van der Waals surface area (Å²) in [5, 5.41) is 0. The van der Waals surface area contributed by atoms with Crippen molar-refractivity contribution in [2.75, 3.05) is 18.0 Å². The summed E-state index contributed by atoms with van der Waals surface area (Å²) in [6.07, 6.45) is 3.01. The Labute approximate surface area is 114 Å². The molecule has 2 N–H and O–H groups in total. The van der Waals surface area contributed by atoms with Crippen molar-refractivity contribution in [2.45, 2.75) is 18.9 Å². The molecule has 3 rings (SSSR count). The first kappa shape index (κ1) is 12.2. The summed E-state index contributed by atoms with van der Waals surface area (Å²) >= 11 is 0. The Hall–Kier alpha value is -1.87. The molecule has 0 bridgehead atoms. The third-order valence-corrected chi connectivity index (χ3v) is 3.86. The van der Waals surface area contributed by atoms with Crippen molar-refractivity contribution in [1.82, 2.24) is 4.98 Å². The molecular weight excluding hydrogens is 234 g/mol. The van der Waals surface area contributed by atoms with Crippen LogP contribution in [-0.4, -0.2) is 18.1 Å². The lowest BCUT2D eigenvalue weighted by atomic mass is 9.99. The van der Waals surface area contributed by atoms with Gasteiger partial charge in [-0.2, -0.15) is 0 Å². The zero-order valence-electron chi connectivity index (χ0n) is 11.0. The Morgan fingerprint density at radius 2 is 2.00 bits per heavy atom. The Morgan fingerprint density at radius 1 is 1.16 bits per heavy atom. The highest BCUT2D eigenvalue weighted by molar-refractivity contribution is 5.52. The van der Waals surface area contributed by atoms with Crippen molar-refractivity contribution >= 4 is 5.69 Å². The van der Waals surface area contributed by atoms with Crippen LogP contribution in [0.15, 0.2) is 48.7 Å². The normalized spacial score (nSPS) is 18.8. The minimum atomic E-state index is 0.503. The molecule has 1 aromatic heterocycles. The Morgan fingerprint density at radius 3 is 2.79 bits per heavy atom. The lowest BCUT2D eigenvalue weighted by Crippen LogP contribution is -2.22. The lowest BCUT2D eigenvalue weighted by molar-refractivity contribution is 0.774. The molecule has 1 aromatic carbocycles. The minimum absolute atomic E-state index is 0.503. The van der Waals surface area contributed by atoms with Crippen LogP contribution in [-0.2, 0) is 6.54 Å². The van der Waals surface area contributed by atoms with E-state index >= 15 is 0 Å². The first-order valence-electron chi connectivity index (χ1n) is 6.82. The summed E-state index contributed by atoms with van der Waals surface area (Å²) in [6, 6.07) is 14.9. The maximum atomic E-state index is 5.77. The second-order valence-electron chi connectivity index (χ2n) is 5.02. The molecular formula is C16H19N3. The molecule has 3 nitrogen and oxygen atoms in total. The summed E-state index contributed by atoms with van der Waals surface area (Å²) in [5.74, 6) is 0.618. The average Bonchev–Trinajstić information content (AvgIpc) is 2.98. The van der Waals surface area contributed by atoms with Crippen LogP contribution in [0.5, 0.6) is 0 Å². The van der Waals surface area contributed by atoms with Crippen molar-refractivity contribution in [3.05, 3.63) is 59.9 Å². The molecule has 0 saturated carbocycles. The van der Waals surface area contributed by atoms with Gasteiger partial charge in [0.25, 0.3) is 0 Å². The van der Waals surface area contributed by atoms with E-state index in [1.54, 1.807) is 0 Å². The summed E-state index contributed by atoms with van der Waals surface area (Å²) in [7, 11) is 0. The van der Waals surface area contributed by atoms with Gasteiger partial charge in [-0.3, -0.25) is 4.98 Å². The van der Waals surface area contributed by atoms with Gasteiger partial charge in [-0.15, -0.1) is 0 Å². The molecule has 1 saturated heterocycles. The highest BCUT2D eigenvalue weighted by atomic mass is 15.2. The van der Waals surface area contributed by atoms with Crippen LogP contribution < -0.4 is 10.6 Å². The molecule has 0 radical (unpaired) electrons. The fraction of sp³-hybridized carbons (Fsp3) is 0.312. The second kappa shape index (κ2) is 5.41. The van der Waals surface area contributed by atoms with Gasteiger partial charge in [0, 0.05) is 31.7 Å². The van der Waals surface area contributed by atoms with E-state index in [1.807, 2.05) is 12.3 Å². The fourth-order valence-electron chi connectivity index (χ4n) is 2.85. The van der Waals surface area contributed by atoms with E-state index in [1.165, 1.54) is 17.7 Å². The number of hydrogen-bond acceptors (Lipinski definition) is 3. The first-order chi connectivity index (χ1) is 9.38. The van der Waals surface area contributed by atoms with Crippen LogP contribution in [0.25, 0.3) is 0 Å². The summed E-state index contributed by atoms with van der Waals surface area (Å²) in [5.41, 5.74) is 9.40. The molecule has 1 aliphatic heterocycles. The van der Waals surface area contributed by atoms with Crippen molar-refractivity contribution in [3.63, 3.8) is 0 Å². The SMILES string of the molecule is NCc1ncccc1N1CCC(c2ccccc2)C1. The summed E-state index contributed by atoms with van der Waals surface area (Å²) in [6.45, 7) is 2.64. The van der Waals surface area contributed by atoms with Crippen LogP contribution >= 0.6 is 0 Å². The fourth-order valence-corrected chi connectivity index (χ4v) is 2.85. The third kappa shape index (κ3) is 2.47. The van der Waals surface area contributed by atoms with Crippen molar-refractivity contribution in [3.8, 4) is 0 Å². The Bertz CT molecular complexity index is 539. The number of rotatable bonds is 3. The molecule has 1 atom stereocenters. The quantitative estimate of drug-likeness (QED) is 0.914. The van der Waals surface area contributed by atoms with Gasteiger partial charge in [0.1, 0.15) is 0 Å². The standard InChI is InChI=1S/C16H19N3/c17-11-15-16(7-4-9-18-15)19-10-8-14(12-19)13-5-2-1-3-6-13/h1-7,9,14H,8,10-12,17H2. The van der Waals surface area contributed by atoms with E-state index in [4.69, 9.17) is 5.73 Å². The molecule has 3 heteroatoms. The lowest BCUT2D eigenvalue weighted by Gasteiger charge is -2.21. The number of anilines is 1. The van der Waals surface area contributed by atoms with Gasteiger partial charge >= 0.3 is 0 Å². The van der Waals surface area contributed by atoms with Gasteiger partial charge < -0.3 is 10.6 Å². The van der Waals surface area contributed by atoms with Gasteiger partial charge in [-0.25, -0.2) is 0 Å². The zero-order valence-corrected chi connectivity index (χ0v) is 11.0. The average molecular weight is 253 g/mol. The minimum Gasteiger partial charge on any atom is -0.369 e. The van der Waals surface area contributed by atoms with Gasteiger partial charge in [0.05, 0.1) is 11.4 Å².